The van der Waals surface area contributed by atoms with Gasteiger partial charge in [-0.05, 0) is 41.5 Å². The van der Waals surface area contributed by atoms with Gasteiger partial charge in [-0.25, -0.2) is 0 Å². The van der Waals surface area contributed by atoms with Gasteiger partial charge in [0.25, 0.3) is 0 Å². The Bertz CT molecular complexity index is 330. The van der Waals surface area contributed by atoms with E-state index in [-0.39, 0.29) is 18.2 Å². The van der Waals surface area contributed by atoms with Crippen molar-refractivity contribution in [2.24, 2.45) is 10.2 Å². The molecule has 0 N–H and O–H groups in total. The maximum atomic E-state index is 12.9. The van der Waals surface area contributed by atoms with Crippen LogP contribution in [-0.2, 0) is 13.6 Å². The number of hydrogen-bond donors (Lipinski definition) is 0. The molecule has 0 amide bonds. The molecule has 17 heavy (non-hydrogen) atoms. The van der Waals surface area contributed by atoms with Crippen molar-refractivity contribution in [1.29, 1.82) is 0 Å². The summed E-state index contributed by atoms with van der Waals surface area (Å²) < 4.78 is 24.0. The third-order valence-corrected chi connectivity index (χ3v) is 5.29. The summed E-state index contributed by atoms with van der Waals surface area (Å²) in [5.74, 6) is 0. The lowest BCUT2D eigenvalue weighted by molar-refractivity contribution is 0.127. The Morgan fingerprint density at radius 3 is 2.00 bits per heavy atom. The van der Waals surface area contributed by atoms with Gasteiger partial charge in [0.2, 0.25) is 0 Å². The van der Waals surface area contributed by atoms with Crippen molar-refractivity contribution in [1.82, 2.24) is 0 Å². The quantitative estimate of drug-likeness (QED) is 0.704. The first-order valence-corrected chi connectivity index (χ1v) is 7.62. The zero-order chi connectivity index (χ0) is 13.3. The van der Waals surface area contributed by atoms with Crippen LogP contribution in [0.15, 0.2) is 10.2 Å². The molecule has 0 aromatic rings. The molecule has 0 fully saturated rings. The summed E-state index contributed by atoms with van der Waals surface area (Å²) in [6, 6.07) is 0.0693. The van der Waals surface area contributed by atoms with Crippen LogP contribution in [-0.4, -0.2) is 23.5 Å². The molecule has 0 saturated heterocycles. The van der Waals surface area contributed by atoms with Crippen molar-refractivity contribution in [3.63, 3.8) is 0 Å². The molecule has 0 radical (unpaired) electrons. The van der Waals surface area contributed by atoms with Crippen LogP contribution in [0.5, 0.6) is 0 Å². The van der Waals surface area contributed by atoms with Crippen LogP contribution in [0, 0.1) is 0 Å². The van der Waals surface area contributed by atoms with Crippen LogP contribution in [0.1, 0.15) is 48.0 Å². The molecule has 1 rings (SSSR count). The highest BCUT2D eigenvalue weighted by molar-refractivity contribution is 7.55. The molecule has 2 atom stereocenters. The number of azo groups is 1. The second-order valence-electron chi connectivity index (χ2n) is 5.29. The van der Waals surface area contributed by atoms with Gasteiger partial charge in [0.1, 0.15) is 0 Å². The van der Waals surface area contributed by atoms with Gasteiger partial charge in [-0.1, -0.05) is 0 Å². The van der Waals surface area contributed by atoms with Crippen LogP contribution < -0.4 is 0 Å². The molecule has 0 saturated carbocycles. The highest BCUT2D eigenvalue weighted by atomic mass is 31.2. The van der Waals surface area contributed by atoms with E-state index in [0.717, 1.165) is 0 Å². The first-order chi connectivity index (χ1) is 7.68. The van der Waals surface area contributed by atoms with Crippen molar-refractivity contribution in [3.05, 3.63) is 0 Å². The van der Waals surface area contributed by atoms with E-state index in [1.165, 1.54) is 0 Å². The topological polar surface area (TPSA) is 60.2 Å². The summed E-state index contributed by atoms with van der Waals surface area (Å²) in [4.78, 5) is 0. The minimum Gasteiger partial charge on any atom is -0.304 e. The third kappa shape index (κ3) is 3.36. The minimum atomic E-state index is -3.29. The molecular formula is C11H23N2O3P. The van der Waals surface area contributed by atoms with E-state index in [1.807, 2.05) is 34.6 Å². The summed E-state index contributed by atoms with van der Waals surface area (Å²) in [5.41, 5.74) is 0. The molecule has 0 unspecified atom stereocenters. The maximum Gasteiger partial charge on any atom is 0.360 e. The zero-order valence-electron chi connectivity index (χ0n) is 11.5. The van der Waals surface area contributed by atoms with E-state index in [4.69, 9.17) is 9.05 Å². The zero-order valence-corrected chi connectivity index (χ0v) is 12.4. The standard InChI is InChI=1S/C11H23N2O3P/c1-8(2)15-17(14,16-9(3)4)11(6)7-10(5)12-13-11/h8-10H,7H2,1-6H3/t10-,11-/m0/s1. The number of hydrogen-bond acceptors (Lipinski definition) is 5. The Labute approximate surface area is 104 Å². The van der Waals surface area contributed by atoms with Crippen molar-refractivity contribution >= 4 is 7.60 Å². The average Bonchev–Trinajstić information content (AvgIpc) is 2.44. The maximum absolute atomic E-state index is 12.9. The van der Waals surface area contributed by atoms with E-state index in [9.17, 15) is 4.57 Å². The predicted octanol–water partition coefficient (Wildman–Crippen LogP) is 3.99. The SMILES string of the molecule is CC(C)OP(=O)(OC(C)C)[C@@]1(C)C[C@H](C)N=N1. The molecule has 0 bridgehead atoms. The van der Waals surface area contributed by atoms with Gasteiger partial charge >= 0.3 is 7.60 Å². The van der Waals surface area contributed by atoms with E-state index in [1.54, 1.807) is 6.92 Å². The lowest BCUT2D eigenvalue weighted by atomic mass is 10.2. The summed E-state index contributed by atoms with van der Waals surface area (Å²) in [7, 11) is -3.29. The molecule has 0 aliphatic carbocycles. The largest absolute Gasteiger partial charge is 0.360 e. The molecule has 1 aliphatic heterocycles. The van der Waals surface area contributed by atoms with Gasteiger partial charge in [-0.3, -0.25) is 4.57 Å². The van der Waals surface area contributed by atoms with Gasteiger partial charge in [0.05, 0.1) is 18.2 Å². The Morgan fingerprint density at radius 2 is 1.71 bits per heavy atom. The van der Waals surface area contributed by atoms with Gasteiger partial charge in [-0.2, -0.15) is 10.2 Å². The first-order valence-electron chi connectivity index (χ1n) is 6.07. The molecule has 1 aliphatic rings. The molecule has 100 valence electrons. The molecule has 1 heterocycles. The fraction of sp³-hybridized carbons (Fsp3) is 1.00. The highest BCUT2D eigenvalue weighted by Gasteiger charge is 2.52. The summed E-state index contributed by atoms with van der Waals surface area (Å²) in [5, 5.41) is 7.36. The lowest BCUT2D eigenvalue weighted by Crippen LogP contribution is -2.27. The van der Waals surface area contributed by atoms with Crippen molar-refractivity contribution in [2.45, 2.75) is 71.5 Å². The monoisotopic (exact) mass is 262 g/mol. The van der Waals surface area contributed by atoms with Crippen LogP contribution in [0.2, 0.25) is 0 Å². The minimum absolute atomic E-state index is 0.0693. The lowest BCUT2D eigenvalue weighted by Gasteiger charge is -2.32. The molecule has 6 heteroatoms. The normalized spacial score (nSPS) is 29.5. The summed E-state index contributed by atoms with van der Waals surface area (Å²) in [6.07, 6.45) is 0.272. The van der Waals surface area contributed by atoms with E-state index < -0.39 is 12.9 Å². The number of nitrogens with zero attached hydrogens (tertiary/aromatic N) is 2. The molecule has 0 aromatic carbocycles. The second kappa shape index (κ2) is 5.17. The summed E-state index contributed by atoms with van der Waals surface area (Å²) >= 11 is 0. The van der Waals surface area contributed by atoms with Crippen molar-refractivity contribution in [2.75, 3.05) is 0 Å². The molecular weight excluding hydrogens is 239 g/mol. The van der Waals surface area contributed by atoms with E-state index in [0.29, 0.717) is 6.42 Å². The number of rotatable bonds is 5. The molecule has 5 nitrogen and oxygen atoms in total. The Hall–Kier alpha value is -0.250. The van der Waals surface area contributed by atoms with Crippen LogP contribution in [0.4, 0.5) is 0 Å². The van der Waals surface area contributed by atoms with Crippen LogP contribution in [0.3, 0.4) is 0 Å². The first kappa shape index (κ1) is 14.8. The Morgan fingerprint density at radius 1 is 1.24 bits per heavy atom. The van der Waals surface area contributed by atoms with Gasteiger partial charge in [0.15, 0.2) is 5.28 Å². The average molecular weight is 262 g/mol. The van der Waals surface area contributed by atoms with Gasteiger partial charge < -0.3 is 9.05 Å². The van der Waals surface area contributed by atoms with Gasteiger partial charge in [-0.15, -0.1) is 0 Å². The fourth-order valence-corrected chi connectivity index (χ4v) is 4.10. The summed E-state index contributed by atoms with van der Waals surface area (Å²) in [6.45, 7) is 11.1. The van der Waals surface area contributed by atoms with Crippen molar-refractivity contribution in [3.8, 4) is 0 Å². The fourth-order valence-electron chi connectivity index (χ4n) is 1.84. The molecule has 0 aromatic heterocycles. The highest BCUT2D eigenvalue weighted by Crippen LogP contribution is 2.65. The predicted molar refractivity (Wildman–Crippen MR) is 67.4 cm³/mol. The van der Waals surface area contributed by atoms with E-state index >= 15 is 0 Å². The Kier molecular flexibility index (Phi) is 4.50. The van der Waals surface area contributed by atoms with Crippen molar-refractivity contribution < 1.29 is 13.6 Å². The third-order valence-electron chi connectivity index (χ3n) is 2.44. The van der Waals surface area contributed by atoms with Crippen LogP contribution >= 0.6 is 7.60 Å². The smallest absolute Gasteiger partial charge is 0.304 e. The van der Waals surface area contributed by atoms with Crippen LogP contribution in [0.25, 0.3) is 0 Å². The van der Waals surface area contributed by atoms with Gasteiger partial charge in [0, 0.05) is 6.42 Å². The second-order valence-corrected chi connectivity index (χ2v) is 7.67. The Balaban J connectivity index is 2.98. The molecule has 0 spiro atoms. The van der Waals surface area contributed by atoms with E-state index in [2.05, 4.69) is 10.2 Å².